The Morgan fingerprint density at radius 1 is 1.04 bits per heavy atom. The molecule has 26 heavy (non-hydrogen) atoms. The van der Waals surface area contributed by atoms with Crippen LogP contribution in [0.25, 0.3) is 16.3 Å². The van der Waals surface area contributed by atoms with Crippen molar-refractivity contribution in [3.05, 3.63) is 76.9 Å². The normalized spacial score (nSPS) is 11.1. The summed E-state index contributed by atoms with van der Waals surface area (Å²) in [7, 11) is 0. The minimum Gasteiger partial charge on any atom is -0.260 e. The van der Waals surface area contributed by atoms with E-state index in [1.807, 2.05) is 58.7 Å². The lowest BCUT2D eigenvalue weighted by molar-refractivity contribution is 0.885. The van der Waals surface area contributed by atoms with Crippen LogP contribution in [0.15, 0.2) is 71.3 Å². The van der Waals surface area contributed by atoms with Crippen LogP contribution in [-0.2, 0) is 0 Å². The molecule has 1 aromatic carbocycles. The van der Waals surface area contributed by atoms with Crippen LogP contribution in [-0.4, -0.2) is 26.2 Å². The van der Waals surface area contributed by atoms with Crippen LogP contribution in [0.2, 0.25) is 5.15 Å². The molecule has 8 heteroatoms. The summed E-state index contributed by atoms with van der Waals surface area (Å²) in [5.74, 6) is 0.513. The van der Waals surface area contributed by atoms with Crippen LogP contribution >= 0.6 is 22.9 Å². The van der Waals surface area contributed by atoms with Crippen molar-refractivity contribution in [2.45, 2.75) is 0 Å². The number of rotatable bonds is 5. The lowest BCUT2D eigenvalue weighted by atomic mass is 10.2. The first-order valence-corrected chi connectivity index (χ1v) is 9.02. The highest BCUT2D eigenvalue weighted by molar-refractivity contribution is 7.13. The van der Waals surface area contributed by atoms with Gasteiger partial charge in [0.05, 0.1) is 16.8 Å². The first-order valence-electron chi connectivity index (χ1n) is 7.77. The fourth-order valence-corrected chi connectivity index (χ4v) is 3.18. The van der Waals surface area contributed by atoms with E-state index in [0.717, 1.165) is 21.8 Å². The number of hydrazone groups is 1. The van der Waals surface area contributed by atoms with E-state index in [-0.39, 0.29) is 0 Å². The Balaban J connectivity index is 1.64. The highest BCUT2D eigenvalue weighted by Crippen LogP contribution is 2.26. The minimum atomic E-state index is 0.337. The summed E-state index contributed by atoms with van der Waals surface area (Å²) in [4.78, 5) is 1.08. The van der Waals surface area contributed by atoms with Crippen molar-refractivity contribution in [1.29, 1.82) is 0 Å². The van der Waals surface area contributed by atoms with Gasteiger partial charge >= 0.3 is 0 Å². The van der Waals surface area contributed by atoms with Crippen LogP contribution in [0.1, 0.15) is 5.56 Å². The molecule has 1 N–H and O–H groups in total. The third-order valence-corrected chi connectivity index (χ3v) is 4.61. The molecule has 128 valence electrons. The molecule has 0 aliphatic rings. The predicted molar refractivity (Wildman–Crippen MR) is 105 cm³/mol. The third kappa shape index (κ3) is 3.63. The number of hydrogen-bond donors (Lipinski definition) is 1. The predicted octanol–water partition coefficient (Wildman–Crippen LogP) is 4.49. The van der Waals surface area contributed by atoms with Gasteiger partial charge in [0.15, 0.2) is 11.0 Å². The van der Waals surface area contributed by atoms with Gasteiger partial charge in [0.1, 0.15) is 5.69 Å². The molecule has 0 saturated carbocycles. The lowest BCUT2D eigenvalue weighted by Gasteiger charge is -1.98. The van der Waals surface area contributed by atoms with Gasteiger partial charge in [0.2, 0.25) is 0 Å². The zero-order chi connectivity index (χ0) is 17.8. The quantitative estimate of drug-likeness (QED) is 0.409. The van der Waals surface area contributed by atoms with Crippen molar-refractivity contribution < 1.29 is 0 Å². The fraction of sp³-hybridized carbons (Fsp3) is 0. The van der Waals surface area contributed by atoms with E-state index in [9.17, 15) is 0 Å². The molecule has 3 heterocycles. The van der Waals surface area contributed by atoms with Gasteiger partial charge in [-0.05, 0) is 35.7 Å². The Morgan fingerprint density at radius 3 is 2.65 bits per heavy atom. The van der Waals surface area contributed by atoms with Gasteiger partial charge in [0.25, 0.3) is 0 Å². The van der Waals surface area contributed by atoms with Gasteiger partial charge in [-0.15, -0.1) is 21.5 Å². The summed E-state index contributed by atoms with van der Waals surface area (Å²) in [6.07, 6.45) is 3.67. The van der Waals surface area contributed by atoms with Crippen molar-refractivity contribution in [2.75, 3.05) is 5.43 Å². The zero-order valence-electron chi connectivity index (χ0n) is 13.5. The second-order valence-corrected chi connectivity index (χ2v) is 6.64. The second-order valence-electron chi connectivity index (χ2n) is 5.30. The number of thiophene rings is 1. The average Bonchev–Trinajstić information content (AvgIpc) is 3.34. The summed E-state index contributed by atoms with van der Waals surface area (Å²) >= 11 is 7.37. The molecule has 0 unspecified atom stereocenters. The number of nitrogens with zero attached hydrogens (tertiary/aromatic N) is 5. The minimum absolute atomic E-state index is 0.337. The van der Waals surface area contributed by atoms with E-state index < -0.39 is 0 Å². The molecule has 0 aliphatic carbocycles. The van der Waals surface area contributed by atoms with Gasteiger partial charge in [-0.3, -0.25) is 5.43 Å². The van der Waals surface area contributed by atoms with Crippen LogP contribution in [0.4, 0.5) is 5.82 Å². The highest BCUT2D eigenvalue weighted by Gasteiger charge is 2.11. The molecule has 0 aliphatic heterocycles. The molecule has 0 fully saturated rings. The Labute approximate surface area is 158 Å². The van der Waals surface area contributed by atoms with Crippen LogP contribution in [0, 0.1) is 0 Å². The fourth-order valence-electron chi connectivity index (χ4n) is 2.34. The van der Waals surface area contributed by atoms with Crippen molar-refractivity contribution in [3.63, 3.8) is 0 Å². The number of aromatic nitrogens is 4. The number of halogens is 1. The van der Waals surface area contributed by atoms with Crippen LogP contribution in [0.5, 0.6) is 0 Å². The standard InChI is InChI=1S/C18H13ClN6S/c19-16-8-9-17(23-21-16)22-20-11-13-12-25(14-5-2-1-3-6-14)24-18(13)15-7-4-10-26-15/h1-12H,(H,22,23)/b20-11+. The molecule has 0 radical (unpaired) electrons. The summed E-state index contributed by atoms with van der Waals surface area (Å²) in [6.45, 7) is 0. The van der Waals surface area contributed by atoms with Crippen molar-refractivity contribution in [3.8, 4) is 16.3 Å². The monoisotopic (exact) mass is 380 g/mol. The molecular weight excluding hydrogens is 368 g/mol. The Bertz CT molecular complexity index is 1010. The van der Waals surface area contributed by atoms with E-state index >= 15 is 0 Å². The van der Waals surface area contributed by atoms with E-state index in [1.54, 1.807) is 29.7 Å². The van der Waals surface area contributed by atoms with Crippen molar-refractivity contribution >= 4 is 35.0 Å². The molecular formula is C18H13ClN6S. The summed E-state index contributed by atoms with van der Waals surface area (Å²) in [5.41, 5.74) is 5.60. The van der Waals surface area contributed by atoms with Gasteiger partial charge in [-0.1, -0.05) is 35.9 Å². The average molecular weight is 381 g/mol. The molecule has 0 spiro atoms. The highest BCUT2D eigenvalue weighted by atomic mass is 35.5. The molecule has 0 bridgehead atoms. The lowest BCUT2D eigenvalue weighted by Crippen LogP contribution is -1.95. The molecule has 4 aromatic rings. The van der Waals surface area contributed by atoms with Crippen molar-refractivity contribution in [2.24, 2.45) is 5.10 Å². The number of anilines is 1. The Morgan fingerprint density at radius 2 is 1.92 bits per heavy atom. The Kier molecular flexibility index (Phi) is 4.72. The molecule has 3 aromatic heterocycles. The zero-order valence-corrected chi connectivity index (χ0v) is 15.0. The molecule has 0 saturated heterocycles. The largest absolute Gasteiger partial charge is 0.260 e. The van der Waals surface area contributed by atoms with E-state index in [0.29, 0.717) is 11.0 Å². The topological polar surface area (TPSA) is 68.0 Å². The van der Waals surface area contributed by atoms with Gasteiger partial charge in [-0.25, -0.2) is 4.68 Å². The maximum atomic E-state index is 5.73. The number of para-hydroxylation sites is 1. The maximum Gasteiger partial charge on any atom is 0.168 e. The molecule has 6 nitrogen and oxygen atoms in total. The first-order chi connectivity index (χ1) is 12.8. The summed E-state index contributed by atoms with van der Waals surface area (Å²) in [5, 5.41) is 19.0. The van der Waals surface area contributed by atoms with E-state index in [2.05, 4.69) is 20.7 Å². The van der Waals surface area contributed by atoms with Crippen LogP contribution in [0.3, 0.4) is 0 Å². The smallest absolute Gasteiger partial charge is 0.168 e. The summed E-state index contributed by atoms with van der Waals surface area (Å²) in [6, 6.07) is 17.4. The number of nitrogens with one attached hydrogen (secondary N) is 1. The van der Waals surface area contributed by atoms with E-state index in [4.69, 9.17) is 16.7 Å². The third-order valence-electron chi connectivity index (χ3n) is 3.53. The van der Waals surface area contributed by atoms with Crippen molar-refractivity contribution in [1.82, 2.24) is 20.0 Å². The first kappa shape index (κ1) is 16.4. The van der Waals surface area contributed by atoms with Crippen LogP contribution < -0.4 is 5.43 Å². The van der Waals surface area contributed by atoms with Gasteiger partial charge < -0.3 is 0 Å². The van der Waals surface area contributed by atoms with Gasteiger partial charge in [0, 0.05) is 11.8 Å². The van der Waals surface area contributed by atoms with Gasteiger partial charge in [-0.2, -0.15) is 10.2 Å². The van der Waals surface area contributed by atoms with E-state index in [1.165, 1.54) is 0 Å². The second kappa shape index (κ2) is 7.47. The summed E-state index contributed by atoms with van der Waals surface area (Å²) < 4.78 is 1.85. The maximum absolute atomic E-state index is 5.73. The molecule has 4 rings (SSSR count). The molecule has 0 amide bonds. The number of benzene rings is 1. The Hall–Kier alpha value is -3.03. The number of hydrogen-bond acceptors (Lipinski definition) is 6. The molecule has 0 atom stereocenters. The SMILES string of the molecule is Clc1ccc(N/N=C/c2cn(-c3ccccc3)nc2-c2cccs2)nn1.